The molecule has 0 aromatic rings. The highest BCUT2D eigenvalue weighted by Crippen LogP contribution is 2.25. The van der Waals surface area contributed by atoms with Crippen molar-refractivity contribution in [2.45, 2.75) is 59.4 Å². The smallest absolute Gasteiger partial charge is 0.240 e. The van der Waals surface area contributed by atoms with Gasteiger partial charge in [-0.2, -0.15) is 5.26 Å². The summed E-state index contributed by atoms with van der Waals surface area (Å²) in [6.07, 6.45) is 2.07. The Balaban J connectivity index is 4.18. The van der Waals surface area contributed by atoms with Gasteiger partial charge in [0.05, 0.1) is 6.07 Å². The lowest BCUT2D eigenvalue weighted by atomic mass is 9.83. The second kappa shape index (κ2) is 8.52. The third-order valence-corrected chi connectivity index (χ3v) is 3.51. The van der Waals surface area contributed by atoms with E-state index in [9.17, 15) is 9.59 Å². The molecule has 0 spiro atoms. The quantitative estimate of drug-likeness (QED) is 0.702. The third kappa shape index (κ3) is 5.29. The van der Waals surface area contributed by atoms with Crippen LogP contribution in [-0.4, -0.2) is 24.4 Å². The monoisotopic (exact) mass is 267 g/mol. The highest BCUT2D eigenvalue weighted by molar-refractivity contribution is 5.85. The highest BCUT2D eigenvalue weighted by Gasteiger charge is 2.34. The first-order valence-corrected chi connectivity index (χ1v) is 6.94. The second-order valence-corrected chi connectivity index (χ2v) is 4.78. The first-order chi connectivity index (χ1) is 8.95. The molecule has 108 valence electrons. The van der Waals surface area contributed by atoms with Gasteiger partial charge in [0, 0.05) is 19.0 Å². The van der Waals surface area contributed by atoms with Gasteiger partial charge in [0.25, 0.3) is 0 Å². The molecule has 0 aromatic heterocycles. The Morgan fingerprint density at radius 3 is 2.26 bits per heavy atom. The van der Waals surface area contributed by atoms with E-state index in [1.807, 2.05) is 27.7 Å². The number of hydrogen-bond donors (Lipinski definition) is 2. The summed E-state index contributed by atoms with van der Waals surface area (Å²) in [5.74, 6) is -0.360. The summed E-state index contributed by atoms with van der Waals surface area (Å²) in [6.45, 7) is 7.84. The van der Waals surface area contributed by atoms with Gasteiger partial charge in [-0.25, -0.2) is 0 Å². The van der Waals surface area contributed by atoms with Crippen molar-refractivity contribution in [1.29, 1.82) is 5.26 Å². The van der Waals surface area contributed by atoms with Crippen LogP contribution in [0.4, 0.5) is 0 Å². The molecular weight excluding hydrogens is 242 g/mol. The van der Waals surface area contributed by atoms with Gasteiger partial charge in [-0.1, -0.05) is 20.8 Å². The van der Waals surface area contributed by atoms with Crippen molar-refractivity contribution in [3.05, 3.63) is 0 Å². The molecule has 0 fully saturated rings. The lowest BCUT2D eigenvalue weighted by molar-refractivity contribution is -0.128. The SMILES string of the molecule is CCC(C)NC(=O)CCNC(=O)C(C#N)(CC)CC. The molecule has 2 amide bonds. The summed E-state index contributed by atoms with van der Waals surface area (Å²) in [7, 11) is 0. The highest BCUT2D eigenvalue weighted by atomic mass is 16.2. The largest absolute Gasteiger partial charge is 0.354 e. The molecule has 19 heavy (non-hydrogen) atoms. The minimum absolute atomic E-state index is 0.0785. The second-order valence-electron chi connectivity index (χ2n) is 4.78. The average Bonchev–Trinajstić information content (AvgIpc) is 2.41. The van der Waals surface area contributed by atoms with Crippen LogP contribution in [0.5, 0.6) is 0 Å². The number of nitrogens with one attached hydrogen (secondary N) is 2. The standard InChI is InChI=1S/C14H25N3O2/c1-5-11(4)17-12(18)8-9-16-13(19)14(6-2,7-3)10-15/h11H,5-9H2,1-4H3,(H,16,19)(H,17,18). The molecule has 0 aromatic carbocycles. The van der Waals surface area contributed by atoms with Crippen LogP contribution in [0.15, 0.2) is 0 Å². The molecule has 0 saturated heterocycles. The molecule has 0 heterocycles. The van der Waals surface area contributed by atoms with E-state index in [2.05, 4.69) is 16.7 Å². The number of amides is 2. The first-order valence-electron chi connectivity index (χ1n) is 6.94. The molecule has 0 radical (unpaired) electrons. The molecule has 1 atom stereocenters. The van der Waals surface area contributed by atoms with Gasteiger partial charge < -0.3 is 10.6 Å². The molecule has 0 saturated carbocycles. The third-order valence-electron chi connectivity index (χ3n) is 3.51. The van der Waals surface area contributed by atoms with E-state index in [0.717, 1.165) is 6.42 Å². The van der Waals surface area contributed by atoms with Crippen LogP contribution in [0.3, 0.4) is 0 Å². The van der Waals surface area contributed by atoms with Gasteiger partial charge in [0.15, 0.2) is 0 Å². The lowest BCUT2D eigenvalue weighted by Gasteiger charge is -2.22. The molecule has 5 nitrogen and oxygen atoms in total. The van der Waals surface area contributed by atoms with E-state index in [0.29, 0.717) is 12.8 Å². The average molecular weight is 267 g/mol. The zero-order valence-corrected chi connectivity index (χ0v) is 12.4. The Kier molecular flexibility index (Phi) is 7.81. The molecule has 0 aliphatic heterocycles. The van der Waals surface area contributed by atoms with Crippen molar-refractivity contribution >= 4 is 11.8 Å². The van der Waals surface area contributed by atoms with Gasteiger partial charge in [0.2, 0.25) is 11.8 Å². The first kappa shape index (κ1) is 17.4. The van der Waals surface area contributed by atoms with E-state index in [1.54, 1.807) is 0 Å². The molecule has 0 aliphatic carbocycles. The summed E-state index contributed by atoms with van der Waals surface area (Å²) in [5, 5.41) is 14.6. The number of rotatable bonds is 8. The maximum absolute atomic E-state index is 12.0. The Morgan fingerprint density at radius 1 is 1.26 bits per heavy atom. The van der Waals surface area contributed by atoms with Crippen LogP contribution in [0, 0.1) is 16.7 Å². The van der Waals surface area contributed by atoms with Crippen LogP contribution in [0.1, 0.15) is 53.4 Å². The van der Waals surface area contributed by atoms with Crippen LogP contribution in [0.2, 0.25) is 0 Å². The van der Waals surface area contributed by atoms with Crippen molar-refractivity contribution in [3.63, 3.8) is 0 Å². The molecule has 0 aliphatic rings. The summed E-state index contributed by atoms with van der Waals surface area (Å²) in [4.78, 5) is 23.5. The minimum Gasteiger partial charge on any atom is -0.354 e. The van der Waals surface area contributed by atoms with Crippen molar-refractivity contribution in [3.8, 4) is 6.07 Å². The predicted molar refractivity (Wildman–Crippen MR) is 74.2 cm³/mol. The van der Waals surface area contributed by atoms with Gasteiger partial charge in [-0.3, -0.25) is 9.59 Å². The summed E-state index contributed by atoms with van der Waals surface area (Å²) in [6, 6.07) is 2.23. The van der Waals surface area contributed by atoms with Gasteiger partial charge in [-0.15, -0.1) is 0 Å². The number of carbonyl (C=O) groups is 2. The van der Waals surface area contributed by atoms with Crippen LogP contribution in [-0.2, 0) is 9.59 Å². The van der Waals surface area contributed by atoms with Crippen molar-refractivity contribution < 1.29 is 9.59 Å². The molecule has 2 N–H and O–H groups in total. The molecule has 0 rings (SSSR count). The molecule has 1 unspecified atom stereocenters. The van der Waals surface area contributed by atoms with Crippen LogP contribution < -0.4 is 10.6 Å². The van der Waals surface area contributed by atoms with Gasteiger partial charge in [-0.05, 0) is 26.2 Å². The number of carbonyl (C=O) groups excluding carboxylic acids is 2. The number of nitrogens with zero attached hydrogens (tertiary/aromatic N) is 1. The Bertz CT molecular complexity index is 343. The van der Waals surface area contributed by atoms with Crippen LogP contribution >= 0.6 is 0 Å². The lowest BCUT2D eigenvalue weighted by Crippen LogP contribution is -2.41. The molecular formula is C14H25N3O2. The topological polar surface area (TPSA) is 82.0 Å². The van der Waals surface area contributed by atoms with E-state index < -0.39 is 5.41 Å². The maximum atomic E-state index is 12.0. The zero-order valence-electron chi connectivity index (χ0n) is 12.4. The van der Waals surface area contributed by atoms with E-state index in [4.69, 9.17) is 5.26 Å². The van der Waals surface area contributed by atoms with Crippen molar-refractivity contribution in [1.82, 2.24) is 10.6 Å². The Morgan fingerprint density at radius 2 is 1.84 bits per heavy atom. The number of hydrogen-bond acceptors (Lipinski definition) is 3. The van der Waals surface area contributed by atoms with Gasteiger partial charge in [0.1, 0.15) is 5.41 Å². The van der Waals surface area contributed by atoms with E-state index >= 15 is 0 Å². The summed E-state index contributed by atoms with van der Waals surface area (Å²) in [5.41, 5.74) is -0.965. The molecule has 0 bridgehead atoms. The predicted octanol–water partition coefficient (Wildman–Crippen LogP) is 1.74. The molecule has 5 heteroatoms. The van der Waals surface area contributed by atoms with Crippen molar-refractivity contribution in [2.24, 2.45) is 5.41 Å². The maximum Gasteiger partial charge on any atom is 0.240 e. The zero-order chi connectivity index (χ0) is 14.9. The summed E-state index contributed by atoms with van der Waals surface area (Å²) >= 11 is 0. The minimum atomic E-state index is -0.965. The Labute approximate surface area is 115 Å². The van der Waals surface area contributed by atoms with Gasteiger partial charge >= 0.3 is 0 Å². The Hall–Kier alpha value is -1.57. The normalized spacial score (nSPS) is 12.4. The summed E-state index contributed by atoms with van der Waals surface area (Å²) < 4.78 is 0. The van der Waals surface area contributed by atoms with E-state index in [1.165, 1.54) is 0 Å². The van der Waals surface area contributed by atoms with Crippen LogP contribution in [0.25, 0.3) is 0 Å². The fourth-order valence-corrected chi connectivity index (χ4v) is 1.69. The van der Waals surface area contributed by atoms with E-state index in [-0.39, 0.29) is 30.8 Å². The fourth-order valence-electron chi connectivity index (χ4n) is 1.69. The van der Waals surface area contributed by atoms with Crippen molar-refractivity contribution in [2.75, 3.05) is 6.54 Å². The number of nitriles is 1. The fraction of sp³-hybridized carbons (Fsp3) is 0.786.